The Bertz CT molecular complexity index is 1150. The number of aromatic nitrogens is 5. The van der Waals surface area contributed by atoms with Crippen molar-refractivity contribution in [3.05, 3.63) is 41.3 Å². The van der Waals surface area contributed by atoms with Gasteiger partial charge in [0.05, 0.1) is 5.69 Å². The zero-order valence-corrected chi connectivity index (χ0v) is 17.9. The van der Waals surface area contributed by atoms with E-state index in [4.69, 9.17) is 0 Å². The number of carbonyl (C=O) groups is 2. The average Bonchev–Trinajstić information content (AvgIpc) is 3.55. The molecule has 2 aromatic heterocycles. The Labute approximate surface area is 179 Å². The second kappa shape index (κ2) is 8.13. The fraction of sp³-hybridized carbons (Fsp3) is 0.333. The lowest BCUT2D eigenvalue weighted by Gasteiger charge is -2.15. The van der Waals surface area contributed by atoms with Crippen LogP contribution in [0.4, 0.5) is 17.2 Å². The van der Waals surface area contributed by atoms with Gasteiger partial charge >= 0.3 is 0 Å². The number of rotatable bonds is 6. The summed E-state index contributed by atoms with van der Waals surface area (Å²) in [6, 6.07) is 7.35. The minimum atomic E-state index is -0.383. The summed E-state index contributed by atoms with van der Waals surface area (Å²) in [7, 11) is 3.37. The number of hydrogen-bond acceptors (Lipinski definition) is 7. The van der Waals surface area contributed by atoms with Crippen LogP contribution in [0.25, 0.3) is 11.4 Å². The lowest BCUT2D eigenvalue weighted by Crippen LogP contribution is -2.22. The number of anilines is 3. The van der Waals surface area contributed by atoms with Gasteiger partial charge in [0.25, 0.3) is 5.91 Å². The summed E-state index contributed by atoms with van der Waals surface area (Å²) >= 11 is 0. The molecule has 0 unspecified atom stereocenters. The Morgan fingerprint density at radius 2 is 1.90 bits per heavy atom. The van der Waals surface area contributed by atoms with Crippen molar-refractivity contribution in [2.24, 2.45) is 13.0 Å². The minimum Gasteiger partial charge on any atom is -0.354 e. The standard InChI is InChI=1S/C21H24N8O2/c1-11-14(19-23-12(2)29(4)28-19)6-5-7-15(11)24-16-10-17(25-20(30)13-8-9-13)26-27-18(16)21(31)22-3/h5-7,10,13H,8-9H2,1-4H3,(H,22,31)(H2,24,25,26,30). The third-order valence-electron chi connectivity index (χ3n) is 5.26. The molecule has 1 aromatic carbocycles. The van der Waals surface area contributed by atoms with Gasteiger partial charge < -0.3 is 16.0 Å². The normalized spacial score (nSPS) is 13.0. The van der Waals surface area contributed by atoms with Gasteiger partial charge in [-0.15, -0.1) is 10.2 Å². The molecule has 4 rings (SSSR count). The molecule has 0 aliphatic heterocycles. The van der Waals surface area contributed by atoms with Gasteiger partial charge in [-0.05, 0) is 38.3 Å². The molecule has 10 heteroatoms. The summed E-state index contributed by atoms with van der Waals surface area (Å²) in [6.07, 6.45) is 1.77. The van der Waals surface area contributed by atoms with Crippen LogP contribution >= 0.6 is 0 Å². The lowest BCUT2D eigenvalue weighted by atomic mass is 10.1. The van der Waals surface area contributed by atoms with Gasteiger partial charge in [-0.25, -0.2) is 4.98 Å². The van der Waals surface area contributed by atoms with E-state index in [0.29, 0.717) is 17.3 Å². The molecule has 1 fully saturated rings. The molecule has 1 saturated carbocycles. The highest BCUT2D eigenvalue weighted by molar-refractivity contribution is 5.99. The molecule has 0 radical (unpaired) electrons. The molecule has 3 N–H and O–H groups in total. The number of hydrogen-bond donors (Lipinski definition) is 3. The van der Waals surface area contributed by atoms with Gasteiger partial charge in [0.1, 0.15) is 5.82 Å². The number of amides is 2. The van der Waals surface area contributed by atoms with E-state index in [2.05, 4.69) is 36.2 Å². The minimum absolute atomic E-state index is 0.0325. The van der Waals surface area contributed by atoms with Crippen molar-refractivity contribution in [3.63, 3.8) is 0 Å². The molecule has 31 heavy (non-hydrogen) atoms. The van der Waals surface area contributed by atoms with Gasteiger partial charge in [-0.3, -0.25) is 14.3 Å². The Hall–Kier alpha value is -3.82. The molecule has 0 bridgehead atoms. The highest BCUT2D eigenvalue weighted by Gasteiger charge is 2.30. The maximum Gasteiger partial charge on any atom is 0.273 e. The van der Waals surface area contributed by atoms with Crippen LogP contribution in [0, 0.1) is 19.8 Å². The molecule has 160 valence electrons. The molecule has 10 nitrogen and oxygen atoms in total. The van der Waals surface area contributed by atoms with E-state index in [-0.39, 0.29) is 23.4 Å². The van der Waals surface area contributed by atoms with E-state index in [0.717, 1.165) is 35.5 Å². The van der Waals surface area contributed by atoms with Crippen molar-refractivity contribution in [1.29, 1.82) is 0 Å². The first kappa shape index (κ1) is 20.5. The van der Waals surface area contributed by atoms with Crippen LogP contribution in [-0.2, 0) is 11.8 Å². The van der Waals surface area contributed by atoms with Crippen molar-refractivity contribution in [1.82, 2.24) is 30.3 Å². The molecular weight excluding hydrogens is 396 g/mol. The third kappa shape index (κ3) is 4.23. The molecular formula is C21H24N8O2. The monoisotopic (exact) mass is 420 g/mol. The molecule has 2 amide bonds. The Balaban J connectivity index is 1.69. The van der Waals surface area contributed by atoms with Crippen molar-refractivity contribution >= 4 is 29.0 Å². The SMILES string of the molecule is CNC(=O)c1nnc(NC(=O)C2CC2)cc1Nc1cccc(-c2nc(C)n(C)n2)c1C. The molecule has 1 aliphatic rings. The summed E-state index contributed by atoms with van der Waals surface area (Å²) in [6.45, 7) is 3.84. The van der Waals surface area contributed by atoms with E-state index in [1.54, 1.807) is 10.7 Å². The average molecular weight is 420 g/mol. The van der Waals surface area contributed by atoms with Crippen LogP contribution < -0.4 is 16.0 Å². The molecule has 1 aliphatic carbocycles. The van der Waals surface area contributed by atoms with E-state index in [1.807, 2.05) is 39.1 Å². The number of nitrogens with zero attached hydrogens (tertiary/aromatic N) is 5. The summed E-state index contributed by atoms with van der Waals surface area (Å²) < 4.78 is 1.72. The lowest BCUT2D eigenvalue weighted by molar-refractivity contribution is -0.117. The van der Waals surface area contributed by atoms with Gasteiger partial charge in [0.15, 0.2) is 17.3 Å². The maximum atomic E-state index is 12.3. The molecule has 0 saturated heterocycles. The Morgan fingerprint density at radius 1 is 1.13 bits per heavy atom. The quantitative estimate of drug-likeness (QED) is 0.559. The number of benzene rings is 1. The molecule has 2 heterocycles. The predicted molar refractivity (Wildman–Crippen MR) is 116 cm³/mol. The van der Waals surface area contributed by atoms with E-state index in [1.165, 1.54) is 7.05 Å². The van der Waals surface area contributed by atoms with Crippen LogP contribution in [-0.4, -0.2) is 43.8 Å². The second-order valence-electron chi connectivity index (χ2n) is 7.54. The van der Waals surface area contributed by atoms with Crippen molar-refractivity contribution in [2.75, 3.05) is 17.7 Å². The highest BCUT2D eigenvalue weighted by Crippen LogP contribution is 2.32. The van der Waals surface area contributed by atoms with Crippen LogP contribution in [0.2, 0.25) is 0 Å². The zero-order valence-electron chi connectivity index (χ0n) is 17.9. The van der Waals surface area contributed by atoms with Gasteiger partial charge in [0, 0.05) is 37.3 Å². The van der Waals surface area contributed by atoms with E-state index in [9.17, 15) is 9.59 Å². The van der Waals surface area contributed by atoms with Gasteiger partial charge in [-0.2, -0.15) is 5.10 Å². The fourth-order valence-corrected chi connectivity index (χ4v) is 3.14. The van der Waals surface area contributed by atoms with E-state index >= 15 is 0 Å². The largest absolute Gasteiger partial charge is 0.354 e. The molecule has 0 spiro atoms. The van der Waals surface area contributed by atoms with Crippen LogP contribution in [0.5, 0.6) is 0 Å². The molecule has 3 aromatic rings. The first-order valence-electron chi connectivity index (χ1n) is 10.0. The summed E-state index contributed by atoms with van der Waals surface area (Å²) in [5.41, 5.74) is 3.12. The van der Waals surface area contributed by atoms with Crippen LogP contribution in [0.3, 0.4) is 0 Å². The van der Waals surface area contributed by atoms with Crippen molar-refractivity contribution < 1.29 is 9.59 Å². The summed E-state index contributed by atoms with van der Waals surface area (Å²) in [5.74, 6) is 1.29. The first-order chi connectivity index (χ1) is 14.9. The highest BCUT2D eigenvalue weighted by atomic mass is 16.2. The van der Waals surface area contributed by atoms with Gasteiger partial charge in [-0.1, -0.05) is 12.1 Å². The Kier molecular flexibility index (Phi) is 5.37. The topological polar surface area (TPSA) is 127 Å². The third-order valence-corrected chi connectivity index (χ3v) is 5.26. The van der Waals surface area contributed by atoms with Crippen molar-refractivity contribution in [3.8, 4) is 11.4 Å². The maximum absolute atomic E-state index is 12.3. The zero-order chi connectivity index (χ0) is 22.1. The summed E-state index contributed by atoms with van der Waals surface area (Å²) in [5, 5.41) is 21.1. The van der Waals surface area contributed by atoms with Crippen LogP contribution in [0.1, 0.15) is 34.7 Å². The smallest absolute Gasteiger partial charge is 0.273 e. The fourth-order valence-electron chi connectivity index (χ4n) is 3.14. The first-order valence-corrected chi connectivity index (χ1v) is 10.0. The van der Waals surface area contributed by atoms with Crippen LogP contribution in [0.15, 0.2) is 24.3 Å². The van der Waals surface area contributed by atoms with Gasteiger partial charge in [0.2, 0.25) is 5.91 Å². The van der Waals surface area contributed by atoms with E-state index < -0.39 is 0 Å². The van der Waals surface area contributed by atoms with Crippen molar-refractivity contribution in [2.45, 2.75) is 26.7 Å². The Morgan fingerprint density at radius 3 is 2.55 bits per heavy atom. The number of aryl methyl sites for hydroxylation is 2. The number of nitrogens with one attached hydrogen (secondary N) is 3. The summed E-state index contributed by atoms with van der Waals surface area (Å²) in [4.78, 5) is 28.9. The predicted octanol–water partition coefficient (Wildman–Crippen LogP) is 2.34. The molecule has 0 atom stereocenters. The second-order valence-corrected chi connectivity index (χ2v) is 7.54. The number of carbonyl (C=O) groups excluding carboxylic acids is 2.